The molecule has 0 aliphatic carbocycles. The van der Waals surface area contributed by atoms with Gasteiger partial charge in [0.15, 0.2) is 0 Å². The molecule has 6 heteroatoms. The highest BCUT2D eigenvalue weighted by atomic mass is 16.1. The van der Waals surface area contributed by atoms with E-state index in [4.69, 9.17) is 0 Å². The van der Waals surface area contributed by atoms with Crippen LogP contribution in [0.3, 0.4) is 0 Å². The Morgan fingerprint density at radius 1 is 1.09 bits per heavy atom. The number of hydrogen-bond acceptors (Lipinski definition) is 5. The third-order valence-electron chi connectivity index (χ3n) is 4.10. The van der Waals surface area contributed by atoms with Gasteiger partial charge in [0.2, 0.25) is 6.41 Å². The van der Waals surface area contributed by atoms with Gasteiger partial charge in [0.1, 0.15) is 18.0 Å². The van der Waals surface area contributed by atoms with E-state index < -0.39 is 0 Å². The van der Waals surface area contributed by atoms with E-state index in [1.54, 1.807) is 11.2 Å². The summed E-state index contributed by atoms with van der Waals surface area (Å²) in [6.07, 6.45) is 2.49. The van der Waals surface area contributed by atoms with Gasteiger partial charge in [-0.3, -0.25) is 4.79 Å². The van der Waals surface area contributed by atoms with Crippen LogP contribution in [0.1, 0.15) is 11.1 Å². The van der Waals surface area contributed by atoms with Gasteiger partial charge in [-0.25, -0.2) is 9.97 Å². The van der Waals surface area contributed by atoms with E-state index in [9.17, 15) is 4.79 Å². The number of aryl methyl sites for hydroxylation is 2. The van der Waals surface area contributed by atoms with Gasteiger partial charge < -0.3 is 15.1 Å². The summed E-state index contributed by atoms with van der Waals surface area (Å²) in [4.78, 5) is 23.4. The first-order valence-corrected chi connectivity index (χ1v) is 7.76. The van der Waals surface area contributed by atoms with Crippen LogP contribution in [0.15, 0.2) is 30.6 Å². The first kappa shape index (κ1) is 15.3. The minimum absolute atomic E-state index is 0.729. The largest absolute Gasteiger partial charge is 0.353 e. The second-order valence-electron chi connectivity index (χ2n) is 5.83. The van der Waals surface area contributed by atoms with Crippen LogP contribution in [-0.2, 0) is 4.79 Å². The van der Waals surface area contributed by atoms with Crippen molar-refractivity contribution in [3.8, 4) is 0 Å². The van der Waals surface area contributed by atoms with E-state index in [0.29, 0.717) is 0 Å². The summed E-state index contributed by atoms with van der Waals surface area (Å²) < 4.78 is 0. The molecule has 1 amide bonds. The second-order valence-corrected chi connectivity index (χ2v) is 5.83. The maximum atomic E-state index is 10.8. The maximum absolute atomic E-state index is 10.8. The highest BCUT2D eigenvalue weighted by molar-refractivity contribution is 5.63. The molecule has 0 spiro atoms. The number of carbonyl (C=O) groups is 1. The molecule has 1 aliphatic rings. The molecule has 3 rings (SSSR count). The van der Waals surface area contributed by atoms with Crippen LogP contribution < -0.4 is 10.2 Å². The van der Waals surface area contributed by atoms with Crippen molar-refractivity contribution in [3.05, 3.63) is 41.7 Å². The number of piperazine rings is 1. The van der Waals surface area contributed by atoms with Gasteiger partial charge in [-0.1, -0.05) is 12.1 Å². The molecule has 1 aromatic heterocycles. The van der Waals surface area contributed by atoms with Crippen LogP contribution in [0, 0.1) is 13.8 Å². The molecule has 0 unspecified atom stereocenters. The van der Waals surface area contributed by atoms with Crippen LogP contribution in [0.25, 0.3) is 0 Å². The van der Waals surface area contributed by atoms with Crippen molar-refractivity contribution in [1.82, 2.24) is 14.9 Å². The average Bonchev–Trinajstić information content (AvgIpc) is 2.58. The highest BCUT2D eigenvalue weighted by Gasteiger charge is 2.17. The van der Waals surface area contributed by atoms with Crippen molar-refractivity contribution in [1.29, 1.82) is 0 Å². The van der Waals surface area contributed by atoms with Gasteiger partial charge >= 0.3 is 0 Å². The predicted octanol–water partition coefficient (Wildman–Crippen LogP) is 2.12. The summed E-state index contributed by atoms with van der Waals surface area (Å²) in [5.41, 5.74) is 3.44. The van der Waals surface area contributed by atoms with Gasteiger partial charge in [-0.2, -0.15) is 0 Å². The standard InChI is InChI=1S/C17H21N5O/c1-13-3-4-14(2)15(9-13)20-16-10-17(19-11-18-16)22-7-5-21(12-23)6-8-22/h3-4,9-12H,5-8H2,1-2H3,(H,18,19,20). The number of nitrogens with one attached hydrogen (secondary N) is 1. The molecule has 0 atom stereocenters. The fourth-order valence-electron chi connectivity index (χ4n) is 2.65. The molecule has 2 heterocycles. The summed E-state index contributed by atoms with van der Waals surface area (Å²) in [7, 11) is 0. The molecule has 1 aromatic carbocycles. The lowest BCUT2D eigenvalue weighted by atomic mass is 10.1. The Morgan fingerprint density at radius 2 is 1.87 bits per heavy atom. The summed E-state index contributed by atoms with van der Waals surface area (Å²) in [6.45, 7) is 7.18. The van der Waals surface area contributed by atoms with Crippen molar-refractivity contribution in [2.24, 2.45) is 0 Å². The van der Waals surface area contributed by atoms with Crippen molar-refractivity contribution < 1.29 is 4.79 Å². The Morgan fingerprint density at radius 3 is 2.61 bits per heavy atom. The zero-order chi connectivity index (χ0) is 16.2. The lowest BCUT2D eigenvalue weighted by Crippen LogP contribution is -2.46. The first-order valence-electron chi connectivity index (χ1n) is 7.76. The van der Waals surface area contributed by atoms with E-state index in [1.807, 2.05) is 6.07 Å². The first-order chi connectivity index (χ1) is 11.2. The van der Waals surface area contributed by atoms with Crippen molar-refractivity contribution in [2.45, 2.75) is 13.8 Å². The third-order valence-corrected chi connectivity index (χ3v) is 4.10. The van der Waals surface area contributed by atoms with Crippen molar-refractivity contribution >= 4 is 23.7 Å². The number of benzene rings is 1. The Bertz CT molecular complexity index is 695. The molecule has 0 saturated carbocycles. The molecule has 2 aromatic rings. The second kappa shape index (κ2) is 6.64. The Kier molecular flexibility index (Phi) is 4.41. The normalized spacial score (nSPS) is 14.7. The molecule has 1 N–H and O–H groups in total. The zero-order valence-corrected chi connectivity index (χ0v) is 13.5. The average molecular weight is 311 g/mol. The molecule has 0 radical (unpaired) electrons. The van der Waals surface area contributed by atoms with Crippen LogP contribution >= 0.6 is 0 Å². The minimum atomic E-state index is 0.729. The molecular weight excluding hydrogens is 290 g/mol. The van der Waals surface area contributed by atoms with Crippen LogP contribution in [0.2, 0.25) is 0 Å². The smallest absolute Gasteiger partial charge is 0.209 e. The van der Waals surface area contributed by atoms with E-state index in [2.05, 4.69) is 52.2 Å². The van der Waals surface area contributed by atoms with Crippen LogP contribution in [0.5, 0.6) is 0 Å². The molecule has 120 valence electrons. The summed E-state index contributed by atoms with van der Waals surface area (Å²) >= 11 is 0. The summed E-state index contributed by atoms with van der Waals surface area (Å²) in [5, 5.41) is 3.37. The van der Waals surface area contributed by atoms with Gasteiger partial charge in [0, 0.05) is 37.9 Å². The number of carbonyl (C=O) groups excluding carboxylic acids is 1. The molecule has 1 fully saturated rings. The Labute approximate surface area is 136 Å². The SMILES string of the molecule is Cc1ccc(C)c(Nc2cc(N3CCN(C=O)CC3)ncn2)c1. The van der Waals surface area contributed by atoms with E-state index >= 15 is 0 Å². The fraction of sp³-hybridized carbons (Fsp3) is 0.353. The van der Waals surface area contributed by atoms with Gasteiger partial charge in [0.25, 0.3) is 0 Å². The topological polar surface area (TPSA) is 61.4 Å². The molecule has 1 saturated heterocycles. The lowest BCUT2D eigenvalue weighted by molar-refractivity contribution is -0.118. The minimum Gasteiger partial charge on any atom is -0.353 e. The van der Waals surface area contributed by atoms with Crippen molar-refractivity contribution in [3.63, 3.8) is 0 Å². The quantitative estimate of drug-likeness (QED) is 0.876. The summed E-state index contributed by atoms with van der Waals surface area (Å²) in [5.74, 6) is 1.67. The van der Waals surface area contributed by atoms with Gasteiger partial charge in [-0.05, 0) is 31.0 Å². The number of rotatable bonds is 4. The van der Waals surface area contributed by atoms with Gasteiger partial charge in [-0.15, -0.1) is 0 Å². The monoisotopic (exact) mass is 311 g/mol. The molecule has 1 aliphatic heterocycles. The van der Waals surface area contributed by atoms with Crippen LogP contribution in [-0.4, -0.2) is 47.5 Å². The summed E-state index contributed by atoms with van der Waals surface area (Å²) in [6, 6.07) is 8.26. The number of hydrogen-bond donors (Lipinski definition) is 1. The van der Waals surface area contributed by atoms with Crippen LogP contribution in [0.4, 0.5) is 17.3 Å². The van der Waals surface area contributed by atoms with Gasteiger partial charge in [0.05, 0.1) is 0 Å². The lowest BCUT2D eigenvalue weighted by Gasteiger charge is -2.33. The van der Waals surface area contributed by atoms with E-state index in [0.717, 1.165) is 49.9 Å². The van der Waals surface area contributed by atoms with Crippen molar-refractivity contribution in [2.75, 3.05) is 36.4 Å². The maximum Gasteiger partial charge on any atom is 0.209 e. The number of amides is 1. The zero-order valence-electron chi connectivity index (χ0n) is 13.5. The Balaban J connectivity index is 1.75. The number of aromatic nitrogens is 2. The molecule has 0 bridgehead atoms. The molecular formula is C17H21N5O. The third kappa shape index (κ3) is 3.59. The molecule has 23 heavy (non-hydrogen) atoms. The number of nitrogens with zero attached hydrogens (tertiary/aromatic N) is 4. The fourth-order valence-corrected chi connectivity index (χ4v) is 2.65. The highest BCUT2D eigenvalue weighted by Crippen LogP contribution is 2.22. The predicted molar refractivity (Wildman–Crippen MR) is 91.1 cm³/mol. The Hall–Kier alpha value is -2.63. The number of anilines is 3. The van der Waals surface area contributed by atoms with E-state index in [1.165, 1.54) is 11.1 Å². The van der Waals surface area contributed by atoms with E-state index in [-0.39, 0.29) is 0 Å². The molecule has 6 nitrogen and oxygen atoms in total.